The van der Waals surface area contributed by atoms with E-state index in [4.69, 9.17) is 14.5 Å². The third kappa shape index (κ3) is 4.29. The summed E-state index contributed by atoms with van der Waals surface area (Å²) in [6.45, 7) is 7.73. The molecule has 4 aliphatic rings. The van der Waals surface area contributed by atoms with E-state index in [1.165, 1.54) is 12.1 Å². The number of aliphatic hydroxyl groups excluding tert-OH is 1. The van der Waals surface area contributed by atoms with E-state index in [-0.39, 0.29) is 17.3 Å². The molecule has 4 unspecified atom stereocenters. The molecule has 1 saturated carbocycles. The second-order valence-electron chi connectivity index (χ2n) is 12.7. The van der Waals surface area contributed by atoms with Crippen LogP contribution in [0.5, 0.6) is 0 Å². The Kier molecular flexibility index (Phi) is 6.37. The van der Waals surface area contributed by atoms with Crippen LogP contribution >= 0.6 is 0 Å². The molecule has 2 fully saturated rings. The largest absolute Gasteiger partial charge is 0.417 e. The first kappa shape index (κ1) is 26.7. The summed E-state index contributed by atoms with van der Waals surface area (Å²) in [6.07, 6.45) is -0.298. The van der Waals surface area contributed by atoms with Crippen LogP contribution in [0.25, 0.3) is 0 Å². The number of nitrogens with zero attached hydrogens (tertiary/aromatic N) is 2. The molecule has 2 aliphatic carbocycles. The Morgan fingerprint density at radius 2 is 1.87 bits per heavy atom. The molecule has 4 atom stereocenters. The van der Waals surface area contributed by atoms with Crippen LogP contribution in [0.4, 0.5) is 13.2 Å². The number of aromatic nitrogens is 1. The van der Waals surface area contributed by atoms with E-state index in [1.54, 1.807) is 6.07 Å². The van der Waals surface area contributed by atoms with Crippen LogP contribution < -0.4 is 0 Å². The summed E-state index contributed by atoms with van der Waals surface area (Å²) in [7, 11) is 0. The maximum Gasteiger partial charge on any atom is 0.417 e. The van der Waals surface area contributed by atoms with Gasteiger partial charge in [0.25, 0.3) is 0 Å². The predicted octanol–water partition coefficient (Wildman–Crippen LogP) is 7.01. The summed E-state index contributed by atoms with van der Waals surface area (Å²) < 4.78 is 53.6. The Bertz CT molecular complexity index is 1340. The Hall–Kier alpha value is -2.47. The smallest absolute Gasteiger partial charge is 0.388 e. The van der Waals surface area contributed by atoms with Crippen molar-refractivity contribution in [3.05, 3.63) is 63.0 Å². The molecule has 5 nitrogen and oxygen atoms in total. The maximum atomic E-state index is 13.6. The van der Waals surface area contributed by atoms with Gasteiger partial charge in [0, 0.05) is 36.0 Å². The highest BCUT2D eigenvalue weighted by molar-refractivity contribution is 5.56. The molecular formula is C31H35F3N2O3. The molecule has 2 aliphatic heterocycles. The zero-order valence-corrected chi connectivity index (χ0v) is 22.7. The number of halogens is 3. The maximum absolute atomic E-state index is 13.6. The normalized spacial score (nSPS) is 30.3. The molecule has 1 aromatic heterocycles. The lowest BCUT2D eigenvalue weighted by atomic mass is 9.69. The molecule has 1 aromatic carbocycles. The Morgan fingerprint density at radius 3 is 2.51 bits per heavy atom. The van der Waals surface area contributed by atoms with Gasteiger partial charge in [-0.1, -0.05) is 26.8 Å². The van der Waals surface area contributed by atoms with Crippen molar-refractivity contribution in [2.45, 2.75) is 95.6 Å². The van der Waals surface area contributed by atoms with Crippen LogP contribution in [0.1, 0.15) is 122 Å². The highest BCUT2D eigenvalue weighted by atomic mass is 19.4. The van der Waals surface area contributed by atoms with Crippen LogP contribution in [-0.2, 0) is 27.7 Å². The lowest BCUT2D eigenvalue weighted by Crippen LogP contribution is -2.34. The van der Waals surface area contributed by atoms with E-state index in [0.717, 1.165) is 72.7 Å². The van der Waals surface area contributed by atoms with Crippen molar-refractivity contribution in [3.63, 3.8) is 0 Å². The lowest BCUT2D eigenvalue weighted by Gasteiger charge is -2.39. The Morgan fingerprint density at radius 1 is 1.13 bits per heavy atom. The van der Waals surface area contributed by atoms with Crippen molar-refractivity contribution in [1.82, 2.24) is 4.98 Å². The van der Waals surface area contributed by atoms with Gasteiger partial charge in [-0.15, -0.1) is 0 Å². The molecule has 3 heterocycles. The van der Waals surface area contributed by atoms with Crippen molar-refractivity contribution in [2.24, 2.45) is 11.3 Å². The van der Waals surface area contributed by atoms with Crippen LogP contribution in [0, 0.1) is 22.7 Å². The molecule has 2 aromatic rings. The van der Waals surface area contributed by atoms with Gasteiger partial charge in [0.1, 0.15) is 6.10 Å². The van der Waals surface area contributed by atoms with E-state index >= 15 is 0 Å². The molecule has 0 amide bonds. The average molecular weight is 541 g/mol. The monoisotopic (exact) mass is 540 g/mol. The minimum absolute atomic E-state index is 0.108. The number of aliphatic hydroxyl groups is 1. The number of hydrogen-bond acceptors (Lipinski definition) is 5. The lowest BCUT2D eigenvalue weighted by molar-refractivity contribution is -0.137. The summed E-state index contributed by atoms with van der Waals surface area (Å²) >= 11 is 0. The van der Waals surface area contributed by atoms with Crippen molar-refractivity contribution >= 4 is 0 Å². The molecule has 39 heavy (non-hydrogen) atoms. The van der Waals surface area contributed by atoms with Crippen LogP contribution in [0.15, 0.2) is 18.2 Å². The summed E-state index contributed by atoms with van der Waals surface area (Å²) in [6, 6.07) is 5.54. The van der Waals surface area contributed by atoms with Crippen molar-refractivity contribution in [2.75, 3.05) is 13.2 Å². The number of nitriles is 1. The van der Waals surface area contributed by atoms with Crippen molar-refractivity contribution < 1.29 is 27.8 Å². The highest BCUT2D eigenvalue weighted by Crippen LogP contribution is 2.61. The van der Waals surface area contributed by atoms with Gasteiger partial charge in [0.15, 0.2) is 0 Å². The fourth-order valence-electron chi connectivity index (χ4n) is 7.66. The van der Waals surface area contributed by atoms with E-state index in [1.807, 2.05) is 0 Å². The number of hydrogen-bond donors (Lipinski definition) is 1. The quantitative estimate of drug-likeness (QED) is 0.444. The molecular weight excluding hydrogens is 505 g/mol. The van der Waals surface area contributed by atoms with Gasteiger partial charge in [-0.3, -0.25) is 4.98 Å². The topological polar surface area (TPSA) is 75.4 Å². The SMILES string of the molecule is CC1CCCC12OC(c1ccc(C(F)(F)F)c(C#N)c1)c1c(C3CCOCC3)nc3c(c12)C(O)CC(C)(C)C3. The van der Waals surface area contributed by atoms with E-state index in [0.29, 0.717) is 25.2 Å². The number of ether oxygens (including phenoxy) is 2. The number of benzene rings is 1. The second kappa shape index (κ2) is 9.29. The minimum atomic E-state index is -4.62. The first-order chi connectivity index (χ1) is 18.4. The first-order valence-corrected chi connectivity index (χ1v) is 14.1. The Labute approximate surface area is 227 Å². The van der Waals surface area contributed by atoms with Crippen molar-refractivity contribution in [3.8, 4) is 6.07 Å². The van der Waals surface area contributed by atoms with Gasteiger partial charge in [-0.25, -0.2) is 0 Å². The molecule has 208 valence electrons. The van der Waals surface area contributed by atoms with E-state index in [2.05, 4.69) is 20.8 Å². The van der Waals surface area contributed by atoms with E-state index < -0.39 is 35.1 Å². The van der Waals surface area contributed by atoms with Gasteiger partial charge in [0.05, 0.1) is 34.6 Å². The number of alkyl halides is 3. The van der Waals surface area contributed by atoms with E-state index in [9.17, 15) is 23.5 Å². The van der Waals surface area contributed by atoms with Gasteiger partial charge >= 0.3 is 6.18 Å². The van der Waals surface area contributed by atoms with Gasteiger partial charge < -0.3 is 14.6 Å². The van der Waals surface area contributed by atoms with Gasteiger partial charge in [-0.05, 0) is 79.5 Å². The summed E-state index contributed by atoms with van der Waals surface area (Å²) in [4.78, 5) is 5.27. The van der Waals surface area contributed by atoms with Crippen LogP contribution in [-0.4, -0.2) is 23.3 Å². The number of rotatable bonds is 2. The fraction of sp³-hybridized carbons (Fsp3) is 0.613. The van der Waals surface area contributed by atoms with Gasteiger partial charge in [0.2, 0.25) is 0 Å². The Balaban J connectivity index is 1.62. The summed E-state index contributed by atoms with van der Waals surface area (Å²) in [5.41, 5.74) is 3.05. The predicted molar refractivity (Wildman–Crippen MR) is 138 cm³/mol. The highest BCUT2D eigenvalue weighted by Gasteiger charge is 2.56. The van der Waals surface area contributed by atoms with Crippen LogP contribution in [0.3, 0.4) is 0 Å². The van der Waals surface area contributed by atoms with Gasteiger partial charge in [-0.2, -0.15) is 18.4 Å². The minimum Gasteiger partial charge on any atom is -0.388 e. The van der Waals surface area contributed by atoms with Crippen LogP contribution in [0.2, 0.25) is 0 Å². The molecule has 6 rings (SSSR count). The third-order valence-electron chi connectivity index (χ3n) is 9.48. The summed E-state index contributed by atoms with van der Waals surface area (Å²) in [5, 5.41) is 21.2. The third-order valence-corrected chi connectivity index (χ3v) is 9.48. The number of fused-ring (bicyclic) bond motifs is 4. The van der Waals surface area contributed by atoms with Crippen molar-refractivity contribution in [1.29, 1.82) is 5.26 Å². The molecule has 1 saturated heterocycles. The second-order valence-corrected chi connectivity index (χ2v) is 12.7. The average Bonchev–Trinajstić information content (AvgIpc) is 3.42. The molecule has 0 bridgehead atoms. The molecule has 0 radical (unpaired) electrons. The zero-order valence-electron chi connectivity index (χ0n) is 22.7. The summed E-state index contributed by atoms with van der Waals surface area (Å²) in [5.74, 6) is 0.296. The number of pyridine rings is 1. The first-order valence-electron chi connectivity index (χ1n) is 14.1. The zero-order chi connectivity index (χ0) is 27.7. The fourth-order valence-corrected chi connectivity index (χ4v) is 7.66. The molecule has 8 heteroatoms. The molecule has 1 spiro atoms. The standard InChI is InChI=1S/C31H35F3N2O3/c1-17-5-4-10-30(17)26-24-22(14-29(2,3)15-23(24)37)36-27(18-8-11-38-12-9-18)25(26)28(39-30)19-6-7-21(31(32,33)34)20(13-19)16-35/h6-7,13,17-18,23,28,37H,4-5,8-12,14-15H2,1-3H3. The molecule has 1 N–H and O–H groups in total.